The molecule has 4 heteroatoms. The fraction of sp³-hybridized carbons (Fsp3) is 0.438. The van der Waals surface area contributed by atoms with Crippen LogP contribution in [-0.4, -0.2) is 15.8 Å². The van der Waals surface area contributed by atoms with E-state index >= 15 is 0 Å². The normalized spacial score (nSPS) is 14.7. The maximum absolute atomic E-state index is 4.61. The van der Waals surface area contributed by atoms with E-state index in [2.05, 4.69) is 56.2 Å². The largest absolute Gasteiger partial charge is 0.310 e. The van der Waals surface area contributed by atoms with Gasteiger partial charge in [-0.25, -0.2) is 4.68 Å². The minimum absolute atomic E-state index is 0.733. The zero-order valence-electron chi connectivity index (χ0n) is 11.8. The smallest absolute Gasteiger partial charge is 0.0790 e. The number of benzene rings is 1. The van der Waals surface area contributed by atoms with Crippen molar-refractivity contribution in [2.24, 2.45) is 0 Å². The van der Waals surface area contributed by atoms with E-state index < -0.39 is 0 Å². The summed E-state index contributed by atoms with van der Waals surface area (Å²) in [5.74, 6) is 0. The van der Waals surface area contributed by atoms with E-state index in [-0.39, 0.29) is 0 Å². The molecule has 0 aliphatic heterocycles. The summed E-state index contributed by atoms with van der Waals surface area (Å²) in [6.45, 7) is 3.15. The lowest BCUT2D eigenvalue weighted by atomic mass is 10.1. The van der Waals surface area contributed by atoms with Crippen molar-refractivity contribution in [3.05, 3.63) is 46.2 Å². The molecule has 1 aromatic carbocycles. The molecule has 106 valence electrons. The molecule has 3 rings (SSSR count). The predicted molar refractivity (Wildman–Crippen MR) is 85.1 cm³/mol. The molecule has 1 heterocycles. The summed E-state index contributed by atoms with van der Waals surface area (Å²) in [4.78, 5) is 0. The van der Waals surface area contributed by atoms with E-state index in [1.165, 1.54) is 24.1 Å². The van der Waals surface area contributed by atoms with Crippen molar-refractivity contribution in [2.45, 2.75) is 45.2 Å². The Morgan fingerprint density at radius 2 is 2.15 bits per heavy atom. The van der Waals surface area contributed by atoms with Gasteiger partial charge >= 0.3 is 0 Å². The minimum atomic E-state index is 0.733. The van der Waals surface area contributed by atoms with Crippen LogP contribution >= 0.6 is 15.9 Å². The standard InChI is InChI=1S/C16H20BrN3/c1-2-5-15-12(10-18-13-8-9-13)11-19-20(15)16-7-4-3-6-14(16)17/h3-4,6-7,11,13,18H,2,5,8-10H2,1H3. The van der Waals surface area contributed by atoms with E-state index in [1.54, 1.807) is 0 Å². The Morgan fingerprint density at radius 1 is 1.35 bits per heavy atom. The lowest BCUT2D eigenvalue weighted by Gasteiger charge is -2.11. The molecular formula is C16H20BrN3. The zero-order valence-corrected chi connectivity index (χ0v) is 13.4. The van der Waals surface area contributed by atoms with Gasteiger partial charge in [0.05, 0.1) is 11.9 Å². The highest BCUT2D eigenvalue weighted by atomic mass is 79.9. The van der Waals surface area contributed by atoms with Crippen LogP contribution in [0.15, 0.2) is 34.9 Å². The fourth-order valence-corrected chi connectivity index (χ4v) is 2.88. The lowest BCUT2D eigenvalue weighted by Crippen LogP contribution is -2.16. The summed E-state index contributed by atoms with van der Waals surface area (Å²) >= 11 is 3.62. The van der Waals surface area contributed by atoms with Gasteiger partial charge in [0.25, 0.3) is 0 Å². The van der Waals surface area contributed by atoms with Gasteiger partial charge in [0, 0.05) is 28.3 Å². The number of hydrogen-bond acceptors (Lipinski definition) is 2. The summed E-state index contributed by atoms with van der Waals surface area (Å²) in [5, 5.41) is 8.20. The molecule has 3 nitrogen and oxygen atoms in total. The second-order valence-electron chi connectivity index (χ2n) is 5.38. The molecule has 0 unspecified atom stereocenters. The molecule has 0 radical (unpaired) electrons. The second-order valence-corrected chi connectivity index (χ2v) is 6.24. The predicted octanol–water partition coefficient (Wildman–Crippen LogP) is 3.84. The number of halogens is 1. The Labute approximate surface area is 128 Å². The molecule has 1 aliphatic rings. The van der Waals surface area contributed by atoms with Crippen LogP contribution in [0.1, 0.15) is 37.4 Å². The van der Waals surface area contributed by atoms with Crippen molar-refractivity contribution in [3.63, 3.8) is 0 Å². The van der Waals surface area contributed by atoms with Gasteiger partial charge < -0.3 is 5.32 Å². The van der Waals surface area contributed by atoms with Gasteiger partial charge in [0.15, 0.2) is 0 Å². The maximum atomic E-state index is 4.61. The molecule has 0 atom stereocenters. The van der Waals surface area contributed by atoms with Crippen LogP contribution in [-0.2, 0) is 13.0 Å². The highest BCUT2D eigenvalue weighted by molar-refractivity contribution is 9.10. The molecule has 0 bridgehead atoms. The van der Waals surface area contributed by atoms with Crippen LogP contribution in [0.3, 0.4) is 0 Å². The third-order valence-electron chi connectivity index (χ3n) is 3.68. The van der Waals surface area contributed by atoms with E-state index in [0.29, 0.717) is 0 Å². The van der Waals surface area contributed by atoms with Gasteiger partial charge in [-0.15, -0.1) is 0 Å². The average molecular weight is 334 g/mol. The monoisotopic (exact) mass is 333 g/mol. The van der Waals surface area contributed by atoms with Crippen molar-refractivity contribution >= 4 is 15.9 Å². The first-order valence-electron chi connectivity index (χ1n) is 7.33. The first-order chi connectivity index (χ1) is 9.79. The number of nitrogens with one attached hydrogen (secondary N) is 1. The Balaban J connectivity index is 1.91. The minimum Gasteiger partial charge on any atom is -0.310 e. The lowest BCUT2D eigenvalue weighted by molar-refractivity contribution is 0.676. The van der Waals surface area contributed by atoms with Crippen molar-refractivity contribution in [1.29, 1.82) is 0 Å². The van der Waals surface area contributed by atoms with Crippen molar-refractivity contribution in [3.8, 4) is 5.69 Å². The highest BCUT2D eigenvalue weighted by Crippen LogP contribution is 2.25. The van der Waals surface area contributed by atoms with Gasteiger partial charge in [0.2, 0.25) is 0 Å². The van der Waals surface area contributed by atoms with Crippen molar-refractivity contribution in [2.75, 3.05) is 0 Å². The fourth-order valence-electron chi connectivity index (χ4n) is 2.43. The molecule has 1 saturated carbocycles. The zero-order chi connectivity index (χ0) is 13.9. The van der Waals surface area contributed by atoms with Crippen LogP contribution in [0.4, 0.5) is 0 Å². The molecule has 2 aromatic rings. The molecule has 0 saturated heterocycles. The molecule has 0 amide bonds. The van der Waals surface area contributed by atoms with Gasteiger partial charge in [-0.05, 0) is 47.3 Å². The Hall–Kier alpha value is -1.13. The van der Waals surface area contributed by atoms with Gasteiger partial charge in [-0.2, -0.15) is 5.10 Å². The van der Waals surface area contributed by atoms with Gasteiger partial charge in [-0.3, -0.25) is 0 Å². The molecular weight excluding hydrogens is 314 g/mol. The molecule has 1 aromatic heterocycles. The molecule has 1 fully saturated rings. The summed E-state index contributed by atoms with van der Waals surface area (Å²) in [6, 6.07) is 8.99. The summed E-state index contributed by atoms with van der Waals surface area (Å²) in [6.07, 6.45) is 6.85. The molecule has 1 N–H and O–H groups in total. The maximum Gasteiger partial charge on any atom is 0.0790 e. The topological polar surface area (TPSA) is 29.9 Å². The Bertz CT molecular complexity index is 587. The number of para-hydroxylation sites is 1. The Morgan fingerprint density at radius 3 is 2.85 bits per heavy atom. The van der Waals surface area contributed by atoms with Gasteiger partial charge in [-0.1, -0.05) is 25.5 Å². The Kier molecular flexibility index (Phi) is 4.22. The SMILES string of the molecule is CCCc1c(CNC2CC2)cnn1-c1ccccc1Br. The van der Waals surface area contributed by atoms with E-state index in [9.17, 15) is 0 Å². The van der Waals surface area contributed by atoms with Gasteiger partial charge in [0.1, 0.15) is 0 Å². The number of hydrogen-bond donors (Lipinski definition) is 1. The van der Waals surface area contributed by atoms with E-state index in [1.807, 2.05) is 12.3 Å². The van der Waals surface area contributed by atoms with Crippen LogP contribution in [0.5, 0.6) is 0 Å². The molecule has 1 aliphatic carbocycles. The third-order valence-corrected chi connectivity index (χ3v) is 4.35. The molecule has 20 heavy (non-hydrogen) atoms. The number of aromatic nitrogens is 2. The van der Waals surface area contributed by atoms with Crippen LogP contribution < -0.4 is 5.32 Å². The van der Waals surface area contributed by atoms with E-state index in [4.69, 9.17) is 0 Å². The van der Waals surface area contributed by atoms with Crippen LogP contribution in [0, 0.1) is 0 Å². The average Bonchev–Trinajstić information content (AvgIpc) is 3.20. The second kappa shape index (κ2) is 6.10. The van der Waals surface area contributed by atoms with E-state index in [0.717, 1.165) is 35.6 Å². The number of rotatable bonds is 6. The summed E-state index contributed by atoms with van der Waals surface area (Å²) < 4.78 is 3.17. The summed E-state index contributed by atoms with van der Waals surface area (Å²) in [7, 11) is 0. The molecule has 0 spiro atoms. The number of nitrogens with zero attached hydrogens (tertiary/aromatic N) is 2. The summed E-state index contributed by atoms with van der Waals surface area (Å²) in [5.41, 5.74) is 3.77. The van der Waals surface area contributed by atoms with Crippen LogP contribution in [0.25, 0.3) is 5.69 Å². The van der Waals surface area contributed by atoms with Crippen molar-refractivity contribution < 1.29 is 0 Å². The highest BCUT2D eigenvalue weighted by Gasteiger charge is 2.21. The third kappa shape index (κ3) is 2.96. The first-order valence-corrected chi connectivity index (χ1v) is 8.13. The van der Waals surface area contributed by atoms with Crippen molar-refractivity contribution in [1.82, 2.24) is 15.1 Å². The quantitative estimate of drug-likeness (QED) is 0.870. The van der Waals surface area contributed by atoms with Crippen LogP contribution in [0.2, 0.25) is 0 Å². The first kappa shape index (κ1) is 13.8.